The number of fused-ring (bicyclic) bond motifs is 5. The second-order valence-electron chi connectivity index (χ2n) is 12.4. The van der Waals surface area contributed by atoms with Crippen LogP contribution in [0.5, 0.6) is 0 Å². The number of allylic oxidation sites excluding steroid dienone is 4. The summed E-state index contributed by atoms with van der Waals surface area (Å²) in [5.41, 5.74) is 7.39. The molecule has 1 N–H and O–H groups in total. The van der Waals surface area contributed by atoms with E-state index in [-0.39, 0.29) is 17.8 Å². The molecule has 0 unspecified atom stereocenters. The maximum absolute atomic E-state index is 11.0. The largest absolute Gasteiger partial charge is 0.508 e. The Morgan fingerprint density at radius 3 is 2.52 bits per heavy atom. The minimum atomic E-state index is -0.310. The van der Waals surface area contributed by atoms with Crippen molar-refractivity contribution in [3.8, 4) is 11.1 Å². The minimum Gasteiger partial charge on any atom is -0.508 e. The fraction of sp³-hybridized carbons (Fsp3) is 0.316. The third-order valence-electron chi connectivity index (χ3n) is 9.34. The van der Waals surface area contributed by atoms with Gasteiger partial charge in [0.1, 0.15) is 17.5 Å². The number of hydrogen-bond donors (Lipinski definition) is 1. The second kappa shape index (κ2) is 11.0. The molecule has 4 heteroatoms. The lowest BCUT2D eigenvalue weighted by atomic mass is 9.91. The van der Waals surface area contributed by atoms with Crippen LogP contribution in [0.3, 0.4) is 0 Å². The van der Waals surface area contributed by atoms with Gasteiger partial charge in [0.2, 0.25) is 0 Å². The molecule has 2 aliphatic carbocycles. The summed E-state index contributed by atoms with van der Waals surface area (Å²) in [5, 5.41) is 13.6. The smallest absolute Gasteiger partial charge is 0.188 e. The van der Waals surface area contributed by atoms with Gasteiger partial charge in [-0.3, -0.25) is 4.90 Å². The molecule has 0 fully saturated rings. The van der Waals surface area contributed by atoms with Gasteiger partial charge in [-0.25, -0.2) is 0 Å². The Hall–Kier alpha value is -4.02. The molecule has 3 aromatic carbocycles. The monoisotopic (exact) mass is 558 g/mol. The van der Waals surface area contributed by atoms with Gasteiger partial charge in [0.15, 0.2) is 5.88 Å². The minimum absolute atomic E-state index is 0.0352. The predicted octanol–water partition coefficient (Wildman–Crippen LogP) is 8.93. The number of aliphatic hydroxyl groups excluding tert-OH is 1. The summed E-state index contributed by atoms with van der Waals surface area (Å²) >= 11 is 0. The first-order valence-electron chi connectivity index (χ1n) is 15.1. The van der Waals surface area contributed by atoms with Crippen molar-refractivity contribution in [1.82, 2.24) is 9.80 Å². The molecule has 0 aromatic heterocycles. The molecule has 3 aromatic rings. The molecule has 3 atom stereocenters. The van der Waals surface area contributed by atoms with Gasteiger partial charge in [0.25, 0.3) is 0 Å². The molecule has 3 aliphatic rings. The molecule has 0 saturated heterocycles. The molecule has 0 bridgehead atoms. The van der Waals surface area contributed by atoms with Gasteiger partial charge in [-0.05, 0) is 90.5 Å². The van der Waals surface area contributed by atoms with Crippen LogP contribution in [0, 0.1) is 0 Å². The van der Waals surface area contributed by atoms with Crippen molar-refractivity contribution in [3.05, 3.63) is 125 Å². The maximum atomic E-state index is 11.0. The molecule has 1 aliphatic heterocycles. The normalized spacial score (nSPS) is 22.5. The van der Waals surface area contributed by atoms with E-state index in [4.69, 9.17) is 4.74 Å². The van der Waals surface area contributed by atoms with Crippen molar-refractivity contribution >= 4 is 16.8 Å². The van der Waals surface area contributed by atoms with E-state index < -0.39 is 0 Å². The third-order valence-corrected chi connectivity index (χ3v) is 9.34. The summed E-state index contributed by atoms with van der Waals surface area (Å²) in [5.74, 6) is 1.51. The summed E-state index contributed by atoms with van der Waals surface area (Å²) in [6.07, 6.45) is 16.0. The summed E-state index contributed by atoms with van der Waals surface area (Å²) in [7, 11) is 4.19. The molecular formula is C38H42N2O2. The number of rotatable bonds is 6. The van der Waals surface area contributed by atoms with Crippen molar-refractivity contribution in [3.63, 3.8) is 0 Å². The van der Waals surface area contributed by atoms with Crippen LogP contribution in [0.25, 0.3) is 28.0 Å². The number of nitrogens with zero attached hydrogens (tertiary/aromatic N) is 2. The molecule has 0 spiro atoms. The van der Waals surface area contributed by atoms with Crippen LogP contribution in [0.15, 0.2) is 108 Å². The summed E-state index contributed by atoms with van der Waals surface area (Å²) in [6.45, 7) is 8.73. The molecule has 0 radical (unpaired) electrons. The first-order chi connectivity index (χ1) is 20.2. The Bertz CT molecular complexity index is 1670. The second-order valence-corrected chi connectivity index (χ2v) is 12.4. The van der Waals surface area contributed by atoms with E-state index in [1.165, 1.54) is 38.6 Å². The standard InChI is InChI=1S/C38H42N2O2/c1-7-38(3,4)42-35-24-27(39(5)37(40(35)6)32-19-9-8-10-20-34(32)41)22-21-26-23-33-25(2)28-15-11-13-17-30(28)36(33)31-18-14-12-16-29(26)31/h8-18,20-25,27,37,41H,7,19H2,1-6H3/t25-,27-,37-/m1/s1. The van der Waals surface area contributed by atoms with Gasteiger partial charge in [-0.15, -0.1) is 0 Å². The fourth-order valence-corrected chi connectivity index (χ4v) is 6.62. The van der Waals surface area contributed by atoms with Crippen LogP contribution in [0.1, 0.15) is 63.1 Å². The van der Waals surface area contributed by atoms with Gasteiger partial charge in [0, 0.05) is 18.5 Å². The van der Waals surface area contributed by atoms with E-state index in [0.29, 0.717) is 18.1 Å². The molecule has 0 amide bonds. The van der Waals surface area contributed by atoms with Crippen molar-refractivity contribution < 1.29 is 9.84 Å². The van der Waals surface area contributed by atoms with Crippen LogP contribution in [0.4, 0.5) is 0 Å². The SMILES string of the molecule is CCC(C)(C)OC1=C[C@@H](C=Cc2cc3c(c4ccccc24)-c2ccccc2[C@H]3C)N(C)[C@@H](C2=C(O)C=CC=CC2)N1C. The van der Waals surface area contributed by atoms with Crippen molar-refractivity contribution in [2.75, 3.05) is 14.1 Å². The van der Waals surface area contributed by atoms with Gasteiger partial charge < -0.3 is 14.7 Å². The Morgan fingerprint density at radius 1 is 1.00 bits per heavy atom. The zero-order valence-electron chi connectivity index (χ0n) is 25.6. The fourth-order valence-electron chi connectivity index (χ4n) is 6.62. The number of benzene rings is 3. The summed E-state index contributed by atoms with van der Waals surface area (Å²) < 4.78 is 6.63. The highest BCUT2D eigenvalue weighted by Crippen LogP contribution is 2.48. The lowest BCUT2D eigenvalue weighted by Crippen LogP contribution is -2.54. The van der Waals surface area contributed by atoms with Gasteiger partial charge in [-0.1, -0.05) is 92.8 Å². The van der Waals surface area contributed by atoms with Gasteiger partial charge in [0.05, 0.1) is 6.04 Å². The zero-order valence-corrected chi connectivity index (χ0v) is 25.6. The van der Waals surface area contributed by atoms with Crippen LogP contribution in [0.2, 0.25) is 0 Å². The highest BCUT2D eigenvalue weighted by molar-refractivity contribution is 6.05. The molecule has 1 heterocycles. The van der Waals surface area contributed by atoms with E-state index in [2.05, 4.69) is 130 Å². The van der Waals surface area contributed by atoms with Crippen molar-refractivity contribution in [1.29, 1.82) is 0 Å². The number of likely N-dealkylation sites (N-methyl/N-ethyl adjacent to an activating group) is 2. The first-order valence-corrected chi connectivity index (χ1v) is 15.1. The quantitative estimate of drug-likeness (QED) is 0.328. The lowest BCUT2D eigenvalue weighted by Gasteiger charge is -2.46. The van der Waals surface area contributed by atoms with E-state index in [0.717, 1.165) is 17.9 Å². The van der Waals surface area contributed by atoms with Gasteiger partial charge in [-0.2, -0.15) is 0 Å². The number of hydrogen-bond acceptors (Lipinski definition) is 4. The Kier molecular flexibility index (Phi) is 7.36. The predicted molar refractivity (Wildman–Crippen MR) is 175 cm³/mol. The number of ether oxygens (including phenoxy) is 1. The summed E-state index contributed by atoms with van der Waals surface area (Å²) in [6, 6.07) is 20.0. The van der Waals surface area contributed by atoms with Crippen LogP contribution in [-0.2, 0) is 4.74 Å². The van der Waals surface area contributed by atoms with Crippen LogP contribution < -0.4 is 0 Å². The van der Waals surface area contributed by atoms with E-state index in [1.807, 2.05) is 12.2 Å². The average molecular weight is 559 g/mol. The first kappa shape index (κ1) is 28.1. The Balaban J connectivity index is 1.44. The molecular weight excluding hydrogens is 516 g/mol. The van der Waals surface area contributed by atoms with Crippen LogP contribution in [-0.4, -0.2) is 46.8 Å². The molecule has 216 valence electrons. The van der Waals surface area contributed by atoms with E-state index >= 15 is 0 Å². The molecule has 42 heavy (non-hydrogen) atoms. The summed E-state index contributed by atoms with van der Waals surface area (Å²) in [4.78, 5) is 4.47. The highest BCUT2D eigenvalue weighted by atomic mass is 16.5. The third kappa shape index (κ3) is 4.88. The lowest BCUT2D eigenvalue weighted by molar-refractivity contribution is -0.0450. The van der Waals surface area contributed by atoms with Crippen molar-refractivity contribution in [2.45, 2.75) is 64.3 Å². The zero-order chi connectivity index (χ0) is 29.6. The van der Waals surface area contributed by atoms with E-state index in [9.17, 15) is 5.11 Å². The van der Waals surface area contributed by atoms with E-state index in [1.54, 1.807) is 6.08 Å². The topological polar surface area (TPSA) is 35.9 Å². The van der Waals surface area contributed by atoms with Gasteiger partial charge >= 0.3 is 0 Å². The number of aliphatic hydroxyl groups is 1. The highest BCUT2D eigenvalue weighted by Gasteiger charge is 2.37. The van der Waals surface area contributed by atoms with Crippen molar-refractivity contribution in [2.24, 2.45) is 0 Å². The molecule has 4 nitrogen and oxygen atoms in total. The van der Waals surface area contributed by atoms with Crippen LogP contribution >= 0.6 is 0 Å². The maximum Gasteiger partial charge on any atom is 0.188 e. The average Bonchev–Trinajstić information content (AvgIpc) is 3.11. The molecule has 6 rings (SSSR count). The Labute approximate surface area is 250 Å². The molecule has 0 saturated carbocycles. The Morgan fingerprint density at radius 2 is 1.74 bits per heavy atom.